The molecule has 0 unspecified atom stereocenters. The predicted molar refractivity (Wildman–Crippen MR) is 68.2 cm³/mol. The molecule has 4 heteroatoms. The second-order valence-electron chi connectivity index (χ2n) is 3.99. The number of furan rings is 1. The lowest BCUT2D eigenvalue weighted by Gasteiger charge is -2.05. The lowest BCUT2D eigenvalue weighted by molar-refractivity contribution is -0.125. The number of carbonyl (C=O) groups is 1. The van der Waals surface area contributed by atoms with Crippen LogP contribution >= 0.6 is 0 Å². The van der Waals surface area contributed by atoms with Gasteiger partial charge in [0, 0.05) is 12.3 Å². The van der Waals surface area contributed by atoms with Crippen LogP contribution in [0.5, 0.6) is 5.75 Å². The highest BCUT2D eigenvalue weighted by Crippen LogP contribution is 2.34. The molecule has 1 amide bonds. The molecule has 0 aliphatic heterocycles. The van der Waals surface area contributed by atoms with Gasteiger partial charge in [-0.05, 0) is 18.2 Å². The molecule has 0 fully saturated rings. The summed E-state index contributed by atoms with van der Waals surface area (Å²) in [6.07, 6.45) is 0. The van der Waals surface area contributed by atoms with Crippen LogP contribution in [0.25, 0.3) is 21.9 Å². The van der Waals surface area contributed by atoms with Gasteiger partial charge < -0.3 is 9.25 Å². The van der Waals surface area contributed by atoms with Crippen LogP contribution in [0.1, 0.15) is 6.92 Å². The number of nitrogens with one attached hydrogen (secondary N) is 1. The van der Waals surface area contributed by atoms with Crippen molar-refractivity contribution in [3.05, 3.63) is 42.5 Å². The second kappa shape index (κ2) is 4.07. The molecule has 0 radical (unpaired) electrons. The van der Waals surface area contributed by atoms with Crippen LogP contribution in [-0.4, -0.2) is 5.91 Å². The first-order valence-electron chi connectivity index (χ1n) is 5.59. The molecule has 3 aromatic rings. The van der Waals surface area contributed by atoms with Crippen molar-refractivity contribution in [3.8, 4) is 5.75 Å². The number of hydroxylamine groups is 1. The van der Waals surface area contributed by atoms with Crippen LogP contribution in [0.4, 0.5) is 0 Å². The Hall–Kier alpha value is -2.49. The summed E-state index contributed by atoms with van der Waals surface area (Å²) in [6.45, 7) is 1.40. The number of rotatable bonds is 2. The molecule has 2 aromatic carbocycles. The Labute approximate surface area is 103 Å². The molecule has 0 aliphatic rings. The Balaban J connectivity index is 2.21. The lowest BCUT2D eigenvalue weighted by atomic mass is 10.1. The number of fused-ring (bicyclic) bond motifs is 3. The lowest BCUT2D eigenvalue weighted by Crippen LogP contribution is -2.23. The summed E-state index contributed by atoms with van der Waals surface area (Å²) in [5, 5.41) is 1.83. The average molecular weight is 241 g/mol. The molecule has 3 rings (SSSR count). The van der Waals surface area contributed by atoms with Crippen molar-refractivity contribution in [2.45, 2.75) is 6.92 Å². The van der Waals surface area contributed by atoms with Crippen molar-refractivity contribution < 1.29 is 14.0 Å². The van der Waals surface area contributed by atoms with E-state index >= 15 is 0 Å². The van der Waals surface area contributed by atoms with Crippen molar-refractivity contribution in [2.24, 2.45) is 0 Å². The smallest absolute Gasteiger partial charge is 0.249 e. The highest BCUT2D eigenvalue weighted by Gasteiger charge is 2.11. The third kappa shape index (κ3) is 1.68. The van der Waals surface area contributed by atoms with Crippen LogP contribution in [0.15, 0.2) is 46.9 Å². The summed E-state index contributed by atoms with van der Waals surface area (Å²) >= 11 is 0. The van der Waals surface area contributed by atoms with Crippen LogP contribution < -0.4 is 10.3 Å². The van der Waals surface area contributed by atoms with Crippen LogP contribution in [0.3, 0.4) is 0 Å². The molecule has 1 aromatic heterocycles. The largest absolute Gasteiger partial charge is 0.456 e. The molecule has 0 saturated heterocycles. The average Bonchev–Trinajstić information content (AvgIpc) is 2.75. The van der Waals surface area contributed by atoms with E-state index in [1.165, 1.54) is 6.92 Å². The summed E-state index contributed by atoms with van der Waals surface area (Å²) in [5.41, 5.74) is 3.86. The second-order valence-corrected chi connectivity index (χ2v) is 3.99. The molecule has 0 aliphatic carbocycles. The normalized spacial score (nSPS) is 10.7. The van der Waals surface area contributed by atoms with Gasteiger partial charge in [0.2, 0.25) is 5.91 Å². The van der Waals surface area contributed by atoms with E-state index in [0.717, 1.165) is 21.9 Å². The fourth-order valence-corrected chi connectivity index (χ4v) is 1.95. The molecule has 4 nitrogen and oxygen atoms in total. The first-order chi connectivity index (χ1) is 8.75. The zero-order valence-corrected chi connectivity index (χ0v) is 9.77. The first-order valence-corrected chi connectivity index (χ1v) is 5.59. The van der Waals surface area contributed by atoms with E-state index in [0.29, 0.717) is 5.75 Å². The Kier molecular flexibility index (Phi) is 2.41. The molecule has 1 heterocycles. The van der Waals surface area contributed by atoms with Gasteiger partial charge in [-0.15, -0.1) is 0 Å². The molecule has 0 spiro atoms. The van der Waals surface area contributed by atoms with E-state index in [1.54, 1.807) is 6.07 Å². The van der Waals surface area contributed by atoms with E-state index in [2.05, 4.69) is 5.48 Å². The number of hydrogen-bond donors (Lipinski definition) is 1. The maximum absolute atomic E-state index is 10.9. The van der Waals surface area contributed by atoms with Crippen molar-refractivity contribution in [2.75, 3.05) is 0 Å². The Morgan fingerprint density at radius 1 is 1.11 bits per heavy atom. The number of para-hydroxylation sites is 1. The summed E-state index contributed by atoms with van der Waals surface area (Å²) < 4.78 is 5.71. The fourth-order valence-electron chi connectivity index (χ4n) is 1.95. The third-order valence-corrected chi connectivity index (χ3v) is 2.67. The van der Waals surface area contributed by atoms with Gasteiger partial charge in [-0.3, -0.25) is 4.79 Å². The Bertz CT molecular complexity index is 730. The quantitative estimate of drug-likeness (QED) is 0.701. The van der Waals surface area contributed by atoms with Gasteiger partial charge in [0.15, 0.2) is 5.75 Å². The monoisotopic (exact) mass is 241 g/mol. The zero-order chi connectivity index (χ0) is 12.5. The van der Waals surface area contributed by atoms with Crippen LogP contribution in [-0.2, 0) is 4.79 Å². The maximum atomic E-state index is 10.9. The first kappa shape index (κ1) is 10.7. The van der Waals surface area contributed by atoms with E-state index in [9.17, 15) is 4.79 Å². The van der Waals surface area contributed by atoms with Gasteiger partial charge in [0.25, 0.3) is 0 Å². The zero-order valence-electron chi connectivity index (χ0n) is 9.77. The van der Waals surface area contributed by atoms with Gasteiger partial charge in [-0.1, -0.05) is 24.3 Å². The van der Waals surface area contributed by atoms with Crippen LogP contribution in [0.2, 0.25) is 0 Å². The highest BCUT2D eigenvalue weighted by atomic mass is 16.7. The molecule has 0 atom stereocenters. The molecule has 90 valence electrons. The number of carbonyl (C=O) groups excluding carboxylic acids is 1. The highest BCUT2D eigenvalue weighted by molar-refractivity contribution is 6.08. The van der Waals surface area contributed by atoms with E-state index < -0.39 is 0 Å². The molecule has 18 heavy (non-hydrogen) atoms. The number of benzene rings is 2. The minimum atomic E-state index is -0.250. The van der Waals surface area contributed by atoms with Gasteiger partial charge in [0.1, 0.15) is 11.2 Å². The maximum Gasteiger partial charge on any atom is 0.249 e. The van der Waals surface area contributed by atoms with Crippen molar-refractivity contribution in [1.82, 2.24) is 5.48 Å². The van der Waals surface area contributed by atoms with Crippen molar-refractivity contribution in [1.29, 1.82) is 0 Å². The molecular weight excluding hydrogens is 230 g/mol. The molecule has 0 saturated carbocycles. The van der Waals surface area contributed by atoms with E-state index in [4.69, 9.17) is 9.25 Å². The van der Waals surface area contributed by atoms with Gasteiger partial charge in [0.05, 0.1) is 5.39 Å². The minimum Gasteiger partial charge on any atom is -0.456 e. The standard InChI is InChI=1S/C14H11NO3/c1-9(16)15-18-13-8-4-7-12-14(13)10-5-2-3-6-11(10)17-12/h2-8H,1H3,(H,15,16). The van der Waals surface area contributed by atoms with Gasteiger partial charge in [-0.2, -0.15) is 5.48 Å². The van der Waals surface area contributed by atoms with Crippen molar-refractivity contribution >= 4 is 27.8 Å². The Morgan fingerprint density at radius 2 is 1.89 bits per heavy atom. The van der Waals surface area contributed by atoms with Crippen molar-refractivity contribution in [3.63, 3.8) is 0 Å². The van der Waals surface area contributed by atoms with Gasteiger partial charge >= 0.3 is 0 Å². The molecule has 0 bridgehead atoms. The summed E-state index contributed by atoms with van der Waals surface area (Å²) in [4.78, 5) is 16.2. The predicted octanol–water partition coefficient (Wildman–Crippen LogP) is 3.02. The fraction of sp³-hybridized carbons (Fsp3) is 0.0714. The van der Waals surface area contributed by atoms with Crippen LogP contribution in [0, 0.1) is 0 Å². The number of amides is 1. The molecule has 1 N–H and O–H groups in total. The van der Waals surface area contributed by atoms with E-state index in [-0.39, 0.29) is 5.91 Å². The third-order valence-electron chi connectivity index (χ3n) is 2.67. The Morgan fingerprint density at radius 3 is 2.72 bits per heavy atom. The molecular formula is C14H11NO3. The topological polar surface area (TPSA) is 51.5 Å². The SMILES string of the molecule is CC(=O)NOc1cccc2oc3ccccc3c12. The minimum absolute atomic E-state index is 0.250. The summed E-state index contributed by atoms with van der Waals surface area (Å²) in [7, 11) is 0. The summed E-state index contributed by atoms with van der Waals surface area (Å²) in [6, 6.07) is 13.2. The summed E-state index contributed by atoms with van der Waals surface area (Å²) in [5.74, 6) is 0.326. The van der Waals surface area contributed by atoms with E-state index in [1.807, 2.05) is 36.4 Å². The number of hydrogen-bond acceptors (Lipinski definition) is 3. The van der Waals surface area contributed by atoms with Gasteiger partial charge in [-0.25, -0.2) is 0 Å².